The molecule has 2 aliphatic rings. The molecular formula is C23H24N4O. The summed E-state index contributed by atoms with van der Waals surface area (Å²) in [6.45, 7) is 3.48. The molecule has 1 amide bonds. The summed E-state index contributed by atoms with van der Waals surface area (Å²) < 4.78 is 0. The molecule has 5 heteroatoms. The molecule has 1 aliphatic carbocycles. The maximum absolute atomic E-state index is 12.9. The van der Waals surface area contributed by atoms with Gasteiger partial charge in [-0.25, -0.2) is 0 Å². The normalized spacial score (nSPS) is 20.1. The largest absolute Gasteiger partial charge is 0.336 e. The van der Waals surface area contributed by atoms with E-state index in [9.17, 15) is 4.79 Å². The Morgan fingerprint density at radius 1 is 0.893 bits per heavy atom. The Kier molecular flexibility index (Phi) is 4.53. The standard InChI is InChI=1S/C23H24N4O/c28-23(19-6-8-21-22(16-19)25-10-9-24-21)27-13-11-26(12-14-27)20-7-5-17-3-1-2-4-18(17)15-20/h1-4,6,8-10,16,20H,5,7,11-15H2. The van der Waals surface area contributed by atoms with Gasteiger partial charge in [-0.3, -0.25) is 19.7 Å². The summed E-state index contributed by atoms with van der Waals surface area (Å²) in [7, 11) is 0. The lowest BCUT2D eigenvalue weighted by atomic mass is 9.87. The fourth-order valence-corrected chi connectivity index (χ4v) is 4.56. The van der Waals surface area contributed by atoms with E-state index in [2.05, 4.69) is 39.1 Å². The second-order valence-electron chi connectivity index (χ2n) is 7.75. The van der Waals surface area contributed by atoms with Gasteiger partial charge in [-0.2, -0.15) is 0 Å². The van der Waals surface area contributed by atoms with Crippen LogP contribution < -0.4 is 0 Å². The predicted octanol–water partition coefficient (Wildman–Crippen LogP) is 2.95. The Labute approximate surface area is 165 Å². The molecule has 1 saturated heterocycles. The molecule has 2 aromatic carbocycles. The van der Waals surface area contributed by atoms with Gasteiger partial charge in [0.1, 0.15) is 0 Å². The number of rotatable bonds is 2. The van der Waals surface area contributed by atoms with Gasteiger partial charge in [0.15, 0.2) is 0 Å². The minimum atomic E-state index is 0.0983. The molecule has 142 valence electrons. The molecule has 1 fully saturated rings. The summed E-state index contributed by atoms with van der Waals surface area (Å²) in [5.74, 6) is 0.0983. The van der Waals surface area contributed by atoms with Gasteiger partial charge < -0.3 is 4.90 Å². The van der Waals surface area contributed by atoms with Crippen LogP contribution in [-0.2, 0) is 12.8 Å². The maximum Gasteiger partial charge on any atom is 0.254 e. The summed E-state index contributed by atoms with van der Waals surface area (Å²) in [5.41, 5.74) is 5.30. The molecule has 0 spiro atoms. The van der Waals surface area contributed by atoms with Gasteiger partial charge in [0.2, 0.25) is 0 Å². The van der Waals surface area contributed by atoms with Gasteiger partial charge in [0, 0.05) is 50.2 Å². The summed E-state index contributed by atoms with van der Waals surface area (Å²) in [6, 6.07) is 15.0. The number of aryl methyl sites for hydroxylation is 1. The summed E-state index contributed by atoms with van der Waals surface area (Å²) in [4.78, 5) is 26.1. The lowest BCUT2D eigenvalue weighted by Gasteiger charge is -2.41. The average molecular weight is 372 g/mol. The lowest BCUT2D eigenvalue weighted by Crippen LogP contribution is -2.53. The first kappa shape index (κ1) is 17.3. The molecule has 5 nitrogen and oxygen atoms in total. The molecule has 1 aromatic heterocycles. The van der Waals surface area contributed by atoms with Gasteiger partial charge in [0.05, 0.1) is 11.0 Å². The van der Waals surface area contributed by atoms with Crippen LogP contribution in [0.25, 0.3) is 11.0 Å². The third-order valence-corrected chi connectivity index (χ3v) is 6.15. The lowest BCUT2D eigenvalue weighted by molar-refractivity contribution is 0.0553. The van der Waals surface area contributed by atoms with Crippen LogP contribution >= 0.6 is 0 Å². The van der Waals surface area contributed by atoms with E-state index in [0.717, 1.165) is 50.1 Å². The highest BCUT2D eigenvalue weighted by Gasteiger charge is 2.29. The van der Waals surface area contributed by atoms with Crippen LogP contribution in [0.3, 0.4) is 0 Å². The van der Waals surface area contributed by atoms with Gasteiger partial charge in [0.25, 0.3) is 5.91 Å². The van der Waals surface area contributed by atoms with Crippen molar-refractivity contribution in [1.29, 1.82) is 0 Å². The zero-order valence-corrected chi connectivity index (χ0v) is 15.9. The zero-order chi connectivity index (χ0) is 18.9. The van der Waals surface area contributed by atoms with Crippen molar-refractivity contribution in [3.63, 3.8) is 0 Å². The van der Waals surface area contributed by atoms with Crippen LogP contribution in [0, 0.1) is 0 Å². The average Bonchev–Trinajstić information content (AvgIpc) is 2.78. The molecule has 1 aliphatic heterocycles. The Morgan fingerprint density at radius 3 is 2.46 bits per heavy atom. The number of amides is 1. The first-order chi connectivity index (χ1) is 13.8. The molecule has 5 rings (SSSR count). The summed E-state index contributed by atoms with van der Waals surface area (Å²) >= 11 is 0. The monoisotopic (exact) mass is 372 g/mol. The minimum absolute atomic E-state index is 0.0983. The van der Waals surface area contributed by atoms with Gasteiger partial charge >= 0.3 is 0 Å². The third kappa shape index (κ3) is 3.27. The quantitative estimate of drug-likeness (QED) is 0.694. The molecule has 0 bridgehead atoms. The fourth-order valence-electron chi connectivity index (χ4n) is 4.56. The SMILES string of the molecule is O=C(c1ccc2nccnc2c1)N1CCN(C2CCc3ccccc3C2)CC1. The number of carbonyl (C=O) groups is 1. The van der Waals surface area contributed by atoms with Gasteiger partial charge in [-0.1, -0.05) is 24.3 Å². The van der Waals surface area contributed by atoms with E-state index in [4.69, 9.17) is 0 Å². The summed E-state index contributed by atoms with van der Waals surface area (Å²) in [5, 5.41) is 0. The van der Waals surface area contributed by atoms with Crippen molar-refractivity contribution in [2.45, 2.75) is 25.3 Å². The van der Waals surface area contributed by atoms with Crippen LogP contribution in [0.5, 0.6) is 0 Å². The van der Waals surface area contributed by atoms with Crippen molar-refractivity contribution in [1.82, 2.24) is 19.8 Å². The molecule has 0 saturated carbocycles. The Balaban J connectivity index is 1.23. The highest BCUT2D eigenvalue weighted by molar-refractivity contribution is 5.97. The van der Waals surface area contributed by atoms with E-state index in [1.807, 2.05) is 23.1 Å². The second kappa shape index (κ2) is 7.32. The highest BCUT2D eigenvalue weighted by Crippen LogP contribution is 2.25. The van der Waals surface area contributed by atoms with E-state index in [-0.39, 0.29) is 5.91 Å². The number of hydrogen-bond donors (Lipinski definition) is 0. The Hall–Kier alpha value is -2.79. The van der Waals surface area contributed by atoms with Crippen molar-refractivity contribution < 1.29 is 4.79 Å². The predicted molar refractivity (Wildman–Crippen MR) is 109 cm³/mol. The topological polar surface area (TPSA) is 49.3 Å². The number of hydrogen-bond acceptors (Lipinski definition) is 4. The molecule has 2 heterocycles. The van der Waals surface area contributed by atoms with Gasteiger partial charge in [-0.05, 0) is 48.6 Å². The maximum atomic E-state index is 12.9. The van der Waals surface area contributed by atoms with Crippen LogP contribution in [0.15, 0.2) is 54.9 Å². The number of aromatic nitrogens is 2. The zero-order valence-electron chi connectivity index (χ0n) is 15.9. The van der Waals surface area contributed by atoms with Crippen molar-refractivity contribution in [2.75, 3.05) is 26.2 Å². The molecule has 1 unspecified atom stereocenters. The molecular weight excluding hydrogens is 348 g/mol. The number of piperazine rings is 1. The van der Waals surface area contributed by atoms with E-state index in [1.54, 1.807) is 12.4 Å². The first-order valence-corrected chi connectivity index (χ1v) is 10.1. The molecule has 1 atom stereocenters. The third-order valence-electron chi connectivity index (χ3n) is 6.15. The van der Waals surface area contributed by atoms with E-state index in [0.29, 0.717) is 11.6 Å². The fraction of sp³-hybridized carbons (Fsp3) is 0.348. The van der Waals surface area contributed by atoms with E-state index >= 15 is 0 Å². The van der Waals surface area contributed by atoms with Crippen molar-refractivity contribution in [3.8, 4) is 0 Å². The molecule has 3 aromatic rings. The molecule has 0 radical (unpaired) electrons. The van der Waals surface area contributed by atoms with Crippen LogP contribution in [0.1, 0.15) is 27.9 Å². The van der Waals surface area contributed by atoms with E-state index in [1.165, 1.54) is 17.5 Å². The van der Waals surface area contributed by atoms with E-state index < -0.39 is 0 Å². The molecule has 0 N–H and O–H groups in total. The number of nitrogens with zero attached hydrogens (tertiary/aromatic N) is 4. The smallest absolute Gasteiger partial charge is 0.254 e. The van der Waals surface area contributed by atoms with Crippen LogP contribution in [-0.4, -0.2) is 57.9 Å². The number of fused-ring (bicyclic) bond motifs is 2. The minimum Gasteiger partial charge on any atom is -0.336 e. The first-order valence-electron chi connectivity index (χ1n) is 10.1. The van der Waals surface area contributed by atoms with Crippen LogP contribution in [0.2, 0.25) is 0 Å². The second-order valence-corrected chi connectivity index (χ2v) is 7.75. The number of benzene rings is 2. The van der Waals surface area contributed by atoms with Crippen LogP contribution in [0.4, 0.5) is 0 Å². The van der Waals surface area contributed by atoms with Crippen molar-refractivity contribution in [3.05, 3.63) is 71.5 Å². The molecule has 28 heavy (non-hydrogen) atoms. The van der Waals surface area contributed by atoms with Crippen molar-refractivity contribution >= 4 is 16.9 Å². The highest BCUT2D eigenvalue weighted by atomic mass is 16.2. The number of carbonyl (C=O) groups excluding carboxylic acids is 1. The summed E-state index contributed by atoms with van der Waals surface area (Å²) in [6.07, 6.45) is 6.85. The van der Waals surface area contributed by atoms with Crippen molar-refractivity contribution in [2.24, 2.45) is 0 Å². The Morgan fingerprint density at radius 2 is 1.64 bits per heavy atom. The van der Waals surface area contributed by atoms with Gasteiger partial charge in [-0.15, -0.1) is 0 Å². The Bertz CT molecular complexity index is 1010.